The SMILES string of the molecule is Cc1cc(CN2CCCC2c2ncc[nH]2)ccc1[N+](=O)[O-]. The largest absolute Gasteiger partial charge is 0.347 e. The van der Waals surface area contributed by atoms with Crippen molar-refractivity contribution < 1.29 is 4.92 Å². The van der Waals surface area contributed by atoms with Gasteiger partial charge < -0.3 is 4.98 Å². The van der Waals surface area contributed by atoms with Crippen molar-refractivity contribution in [2.75, 3.05) is 6.54 Å². The van der Waals surface area contributed by atoms with Gasteiger partial charge in [-0.1, -0.05) is 6.07 Å². The van der Waals surface area contributed by atoms with Gasteiger partial charge in [0.15, 0.2) is 0 Å². The molecule has 0 amide bonds. The van der Waals surface area contributed by atoms with Crippen LogP contribution in [-0.4, -0.2) is 26.3 Å². The smallest absolute Gasteiger partial charge is 0.272 e. The second-order valence-electron chi connectivity index (χ2n) is 5.48. The summed E-state index contributed by atoms with van der Waals surface area (Å²) < 4.78 is 0. The summed E-state index contributed by atoms with van der Waals surface area (Å²) in [6, 6.07) is 5.68. The molecule has 1 unspecified atom stereocenters. The first-order valence-corrected chi connectivity index (χ1v) is 7.12. The predicted molar refractivity (Wildman–Crippen MR) is 78.8 cm³/mol. The van der Waals surface area contributed by atoms with Crippen LogP contribution in [0.4, 0.5) is 5.69 Å². The summed E-state index contributed by atoms with van der Waals surface area (Å²) >= 11 is 0. The molecule has 0 radical (unpaired) electrons. The quantitative estimate of drug-likeness (QED) is 0.692. The summed E-state index contributed by atoms with van der Waals surface area (Å²) in [5.74, 6) is 1.01. The van der Waals surface area contributed by atoms with Crippen LogP contribution < -0.4 is 0 Å². The Balaban J connectivity index is 1.77. The molecule has 3 rings (SSSR count). The zero-order valence-corrected chi connectivity index (χ0v) is 12.0. The second kappa shape index (κ2) is 5.65. The van der Waals surface area contributed by atoms with Gasteiger partial charge in [0.25, 0.3) is 5.69 Å². The Kier molecular flexibility index (Phi) is 3.70. The molecule has 0 aliphatic carbocycles. The fourth-order valence-electron chi connectivity index (χ4n) is 3.04. The van der Waals surface area contributed by atoms with Gasteiger partial charge in [-0.3, -0.25) is 15.0 Å². The van der Waals surface area contributed by atoms with Crippen LogP contribution in [0.5, 0.6) is 0 Å². The Morgan fingerprint density at radius 3 is 3.05 bits per heavy atom. The third-order valence-corrected chi connectivity index (χ3v) is 4.04. The molecule has 6 heteroatoms. The Labute approximate surface area is 123 Å². The highest BCUT2D eigenvalue weighted by molar-refractivity contribution is 5.41. The van der Waals surface area contributed by atoms with Crippen molar-refractivity contribution >= 4 is 5.69 Å². The highest BCUT2D eigenvalue weighted by atomic mass is 16.6. The third-order valence-electron chi connectivity index (χ3n) is 4.04. The Hall–Kier alpha value is -2.21. The summed E-state index contributed by atoms with van der Waals surface area (Å²) in [5.41, 5.74) is 2.01. The Morgan fingerprint density at radius 2 is 2.38 bits per heavy atom. The van der Waals surface area contributed by atoms with E-state index in [4.69, 9.17) is 0 Å². The van der Waals surface area contributed by atoms with E-state index in [1.54, 1.807) is 19.2 Å². The van der Waals surface area contributed by atoms with Gasteiger partial charge in [0.2, 0.25) is 0 Å². The fraction of sp³-hybridized carbons (Fsp3) is 0.400. The lowest BCUT2D eigenvalue weighted by molar-refractivity contribution is -0.385. The minimum atomic E-state index is -0.333. The molecule has 1 N–H and O–H groups in total. The van der Waals surface area contributed by atoms with Crippen LogP contribution in [-0.2, 0) is 6.54 Å². The molecule has 1 aliphatic heterocycles. The van der Waals surface area contributed by atoms with E-state index in [2.05, 4.69) is 14.9 Å². The lowest BCUT2D eigenvalue weighted by Gasteiger charge is -2.23. The monoisotopic (exact) mass is 286 g/mol. The third kappa shape index (κ3) is 2.80. The Morgan fingerprint density at radius 1 is 1.52 bits per heavy atom. The van der Waals surface area contributed by atoms with Crippen molar-refractivity contribution in [1.82, 2.24) is 14.9 Å². The summed E-state index contributed by atoms with van der Waals surface area (Å²) in [5, 5.41) is 10.9. The topological polar surface area (TPSA) is 75.1 Å². The molecule has 1 aromatic heterocycles. The molecular weight excluding hydrogens is 268 g/mol. The van der Waals surface area contributed by atoms with Gasteiger partial charge in [0, 0.05) is 30.6 Å². The number of nitro benzene ring substituents is 1. The minimum absolute atomic E-state index is 0.183. The maximum Gasteiger partial charge on any atom is 0.272 e. The van der Waals surface area contributed by atoms with Crippen molar-refractivity contribution in [2.24, 2.45) is 0 Å². The first kappa shape index (κ1) is 13.8. The van der Waals surface area contributed by atoms with Crippen LogP contribution >= 0.6 is 0 Å². The van der Waals surface area contributed by atoms with Crippen LogP contribution in [0.2, 0.25) is 0 Å². The Bertz CT molecular complexity index is 639. The van der Waals surface area contributed by atoms with E-state index in [0.717, 1.165) is 37.3 Å². The zero-order chi connectivity index (χ0) is 14.8. The van der Waals surface area contributed by atoms with E-state index in [9.17, 15) is 10.1 Å². The van der Waals surface area contributed by atoms with Crippen molar-refractivity contribution in [1.29, 1.82) is 0 Å². The number of likely N-dealkylation sites (tertiary alicyclic amines) is 1. The molecule has 1 saturated heterocycles. The van der Waals surface area contributed by atoms with Crippen LogP contribution in [0.25, 0.3) is 0 Å². The number of benzene rings is 1. The van der Waals surface area contributed by atoms with Gasteiger partial charge in [-0.25, -0.2) is 4.98 Å². The number of hydrogen-bond donors (Lipinski definition) is 1. The molecule has 2 aromatic rings. The molecular formula is C15H18N4O2. The second-order valence-corrected chi connectivity index (χ2v) is 5.48. The molecule has 0 saturated carbocycles. The van der Waals surface area contributed by atoms with Crippen LogP contribution in [0.1, 0.15) is 35.8 Å². The molecule has 21 heavy (non-hydrogen) atoms. The van der Waals surface area contributed by atoms with Crippen molar-refractivity contribution in [3.8, 4) is 0 Å². The maximum absolute atomic E-state index is 10.9. The average molecular weight is 286 g/mol. The zero-order valence-electron chi connectivity index (χ0n) is 12.0. The molecule has 1 fully saturated rings. The summed E-state index contributed by atoms with van der Waals surface area (Å²) in [7, 11) is 0. The number of hydrogen-bond acceptors (Lipinski definition) is 4. The molecule has 0 bridgehead atoms. The van der Waals surface area contributed by atoms with E-state index >= 15 is 0 Å². The van der Waals surface area contributed by atoms with Crippen molar-refractivity contribution in [3.05, 3.63) is 57.7 Å². The number of nitrogens with zero attached hydrogens (tertiary/aromatic N) is 3. The first-order chi connectivity index (χ1) is 10.1. The van der Waals surface area contributed by atoms with Crippen LogP contribution in [0.3, 0.4) is 0 Å². The number of aryl methyl sites for hydroxylation is 1. The highest BCUT2D eigenvalue weighted by Gasteiger charge is 2.27. The van der Waals surface area contributed by atoms with E-state index in [-0.39, 0.29) is 10.6 Å². The number of imidazole rings is 1. The standard InChI is InChI=1S/C15H18N4O2/c1-11-9-12(4-5-13(11)19(20)21)10-18-8-2-3-14(18)15-16-6-7-17-15/h4-7,9,14H,2-3,8,10H2,1H3,(H,16,17). The molecule has 1 aromatic carbocycles. The molecule has 1 atom stereocenters. The number of rotatable bonds is 4. The van der Waals surface area contributed by atoms with Gasteiger partial charge >= 0.3 is 0 Å². The average Bonchev–Trinajstić information content (AvgIpc) is 3.08. The number of nitrogens with one attached hydrogen (secondary N) is 1. The summed E-state index contributed by atoms with van der Waals surface area (Å²) in [6.07, 6.45) is 5.88. The van der Waals surface area contributed by atoms with Gasteiger partial charge in [0.05, 0.1) is 11.0 Å². The first-order valence-electron chi connectivity index (χ1n) is 7.12. The van der Waals surface area contributed by atoms with E-state index in [1.165, 1.54) is 0 Å². The molecule has 6 nitrogen and oxygen atoms in total. The van der Waals surface area contributed by atoms with Crippen molar-refractivity contribution in [3.63, 3.8) is 0 Å². The maximum atomic E-state index is 10.9. The van der Waals surface area contributed by atoms with Gasteiger partial charge in [-0.15, -0.1) is 0 Å². The number of aromatic amines is 1. The number of aromatic nitrogens is 2. The van der Waals surface area contributed by atoms with E-state index in [1.807, 2.05) is 18.3 Å². The molecule has 1 aliphatic rings. The van der Waals surface area contributed by atoms with Crippen LogP contribution in [0, 0.1) is 17.0 Å². The predicted octanol–water partition coefficient (Wildman–Crippen LogP) is 2.96. The van der Waals surface area contributed by atoms with Crippen molar-refractivity contribution in [2.45, 2.75) is 32.4 Å². The van der Waals surface area contributed by atoms with Gasteiger partial charge in [0.1, 0.15) is 5.82 Å². The van der Waals surface area contributed by atoms with Gasteiger partial charge in [-0.05, 0) is 37.9 Å². The molecule has 2 heterocycles. The molecule has 110 valence electrons. The molecule has 0 spiro atoms. The summed E-state index contributed by atoms with van der Waals surface area (Å²) in [4.78, 5) is 20.5. The lowest BCUT2D eigenvalue weighted by Crippen LogP contribution is -2.23. The lowest BCUT2D eigenvalue weighted by atomic mass is 10.1. The highest BCUT2D eigenvalue weighted by Crippen LogP contribution is 2.31. The number of nitro groups is 1. The normalized spacial score (nSPS) is 19.0. The fourth-order valence-corrected chi connectivity index (χ4v) is 3.04. The summed E-state index contributed by atoms with van der Waals surface area (Å²) in [6.45, 7) is 3.61. The van der Waals surface area contributed by atoms with E-state index in [0.29, 0.717) is 11.6 Å². The minimum Gasteiger partial charge on any atom is -0.347 e. The van der Waals surface area contributed by atoms with Crippen LogP contribution in [0.15, 0.2) is 30.6 Å². The van der Waals surface area contributed by atoms with E-state index < -0.39 is 0 Å². The number of H-pyrrole nitrogens is 1. The van der Waals surface area contributed by atoms with Gasteiger partial charge in [-0.2, -0.15) is 0 Å².